The fourth-order valence-corrected chi connectivity index (χ4v) is 2.78. The van der Waals surface area contributed by atoms with Crippen LogP contribution in [0.4, 0.5) is 11.4 Å². The van der Waals surface area contributed by atoms with Gasteiger partial charge in [-0.1, -0.05) is 46.4 Å². The van der Waals surface area contributed by atoms with Crippen LogP contribution in [0.1, 0.15) is 19.3 Å². The second-order valence-corrected chi connectivity index (χ2v) is 7.50. The molecule has 0 unspecified atom stereocenters. The summed E-state index contributed by atoms with van der Waals surface area (Å²) in [7, 11) is 0. The van der Waals surface area contributed by atoms with Crippen LogP contribution in [-0.4, -0.2) is 24.4 Å². The van der Waals surface area contributed by atoms with Gasteiger partial charge >= 0.3 is 5.97 Å². The normalized spacial score (nSPS) is 10.3. The number of carbonyl (C=O) groups is 3. The number of hydrogen-bond acceptors (Lipinski definition) is 4. The lowest BCUT2D eigenvalue weighted by Crippen LogP contribution is -2.21. The largest absolute Gasteiger partial charge is 0.456 e. The zero-order chi connectivity index (χ0) is 21.4. The summed E-state index contributed by atoms with van der Waals surface area (Å²) in [6.07, 6.45) is 0.361. The van der Waals surface area contributed by atoms with E-state index in [-0.39, 0.29) is 25.2 Å². The average molecular weight is 478 g/mol. The van der Waals surface area contributed by atoms with Crippen molar-refractivity contribution in [1.29, 1.82) is 0 Å². The molecule has 0 fully saturated rings. The molecule has 0 radical (unpaired) electrons. The molecule has 0 saturated carbocycles. The Bertz CT molecular complexity index is 921. The third kappa shape index (κ3) is 8.11. The van der Waals surface area contributed by atoms with E-state index in [4.69, 9.17) is 51.1 Å². The van der Waals surface area contributed by atoms with Crippen molar-refractivity contribution in [1.82, 2.24) is 0 Å². The van der Waals surface area contributed by atoms with Crippen molar-refractivity contribution in [2.45, 2.75) is 19.3 Å². The molecule has 0 bridgehead atoms. The summed E-state index contributed by atoms with van der Waals surface area (Å²) in [5.74, 6) is -1.39. The summed E-state index contributed by atoms with van der Waals surface area (Å²) in [6.45, 7) is -0.450. The Morgan fingerprint density at radius 2 is 1.24 bits per heavy atom. The summed E-state index contributed by atoms with van der Waals surface area (Å²) < 4.78 is 4.89. The molecule has 2 aromatic carbocycles. The molecule has 0 aliphatic rings. The maximum Gasteiger partial charge on any atom is 0.306 e. The molecule has 0 atom stereocenters. The highest BCUT2D eigenvalue weighted by molar-refractivity contribution is 6.42. The molecule has 0 aliphatic heterocycles. The highest BCUT2D eigenvalue weighted by Gasteiger charge is 2.11. The molecule has 10 heteroatoms. The standard InChI is InChI=1S/C19H16Cl4N2O4/c20-13-6-4-11(8-15(13)22)24-17(26)2-1-3-19(28)29-10-18(27)25-12-5-7-14(21)16(23)9-12/h4-9H,1-3,10H2,(H,24,26)(H,25,27). The van der Waals surface area contributed by atoms with Crippen LogP contribution in [0.15, 0.2) is 36.4 Å². The van der Waals surface area contributed by atoms with Crippen molar-refractivity contribution in [2.24, 2.45) is 0 Å². The highest BCUT2D eigenvalue weighted by atomic mass is 35.5. The van der Waals surface area contributed by atoms with Crippen molar-refractivity contribution < 1.29 is 19.1 Å². The number of benzene rings is 2. The topological polar surface area (TPSA) is 84.5 Å². The number of rotatable bonds is 8. The summed E-state index contributed by atoms with van der Waals surface area (Å²) in [4.78, 5) is 35.4. The Morgan fingerprint density at radius 3 is 1.76 bits per heavy atom. The summed E-state index contributed by atoms with van der Waals surface area (Å²) in [6, 6.07) is 9.31. The first-order chi connectivity index (χ1) is 13.7. The number of carbonyl (C=O) groups excluding carboxylic acids is 3. The molecule has 2 aromatic rings. The van der Waals surface area contributed by atoms with E-state index in [1.165, 1.54) is 18.2 Å². The third-order valence-corrected chi connectivity index (χ3v) is 5.03. The highest BCUT2D eigenvalue weighted by Crippen LogP contribution is 2.26. The Kier molecular flexibility index (Phi) is 9.04. The van der Waals surface area contributed by atoms with Crippen LogP contribution in [0.25, 0.3) is 0 Å². The molecule has 29 heavy (non-hydrogen) atoms. The zero-order valence-corrected chi connectivity index (χ0v) is 18.0. The van der Waals surface area contributed by atoms with Gasteiger partial charge in [0, 0.05) is 24.2 Å². The fraction of sp³-hybridized carbons (Fsp3) is 0.211. The molecule has 0 saturated heterocycles. The number of amides is 2. The third-order valence-electron chi connectivity index (χ3n) is 3.56. The predicted octanol–water partition coefficient (Wildman–Crippen LogP) is 5.59. The molecular formula is C19H16Cl4N2O4. The van der Waals surface area contributed by atoms with Gasteiger partial charge in [-0.15, -0.1) is 0 Å². The van der Waals surface area contributed by atoms with E-state index in [1.54, 1.807) is 18.2 Å². The first-order valence-electron chi connectivity index (χ1n) is 8.40. The predicted molar refractivity (Wildman–Crippen MR) is 115 cm³/mol. The number of anilines is 2. The smallest absolute Gasteiger partial charge is 0.306 e. The van der Waals surface area contributed by atoms with Crippen LogP contribution in [0.5, 0.6) is 0 Å². The van der Waals surface area contributed by atoms with E-state index >= 15 is 0 Å². The first-order valence-corrected chi connectivity index (χ1v) is 9.91. The van der Waals surface area contributed by atoms with Crippen LogP contribution < -0.4 is 10.6 Å². The van der Waals surface area contributed by atoms with Gasteiger partial charge in [-0.2, -0.15) is 0 Å². The van der Waals surface area contributed by atoms with Gasteiger partial charge in [-0.05, 0) is 42.8 Å². The van der Waals surface area contributed by atoms with E-state index in [0.717, 1.165) is 0 Å². The van der Waals surface area contributed by atoms with Gasteiger partial charge < -0.3 is 15.4 Å². The minimum Gasteiger partial charge on any atom is -0.456 e. The van der Waals surface area contributed by atoms with Crippen LogP contribution in [0, 0.1) is 0 Å². The number of hydrogen-bond donors (Lipinski definition) is 2. The van der Waals surface area contributed by atoms with Gasteiger partial charge in [0.05, 0.1) is 20.1 Å². The van der Waals surface area contributed by atoms with Gasteiger partial charge in [0.2, 0.25) is 5.91 Å². The van der Waals surface area contributed by atoms with Gasteiger partial charge in [-0.25, -0.2) is 0 Å². The Morgan fingerprint density at radius 1 is 0.724 bits per heavy atom. The van der Waals surface area contributed by atoms with E-state index in [9.17, 15) is 14.4 Å². The average Bonchev–Trinajstić information content (AvgIpc) is 2.66. The minimum atomic E-state index is -0.586. The quantitative estimate of drug-likeness (QED) is 0.485. The Labute approximate surface area is 187 Å². The maximum absolute atomic E-state index is 11.9. The summed E-state index contributed by atoms with van der Waals surface area (Å²) in [5.41, 5.74) is 0.936. The summed E-state index contributed by atoms with van der Waals surface area (Å²) in [5, 5.41) is 6.55. The van der Waals surface area contributed by atoms with Crippen LogP contribution in [0.3, 0.4) is 0 Å². The summed E-state index contributed by atoms with van der Waals surface area (Å²) >= 11 is 23.3. The fourth-order valence-electron chi connectivity index (χ4n) is 2.18. The van der Waals surface area contributed by atoms with Crippen molar-refractivity contribution in [3.05, 3.63) is 56.5 Å². The molecule has 2 amide bonds. The lowest BCUT2D eigenvalue weighted by Gasteiger charge is -2.08. The molecule has 0 spiro atoms. The molecule has 6 nitrogen and oxygen atoms in total. The Hall–Kier alpha value is -1.99. The maximum atomic E-state index is 11.9. The van der Waals surface area contributed by atoms with Crippen molar-refractivity contribution in [3.8, 4) is 0 Å². The van der Waals surface area contributed by atoms with E-state index < -0.39 is 18.5 Å². The molecule has 2 rings (SSSR count). The molecule has 0 aliphatic carbocycles. The molecule has 0 aromatic heterocycles. The second kappa shape index (κ2) is 11.3. The van der Waals surface area contributed by atoms with Gasteiger partial charge in [0.15, 0.2) is 6.61 Å². The molecule has 0 heterocycles. The van der Waals surface area contributed by atoms with Gasteiger partial charge in [-0.3, -0.25) is 14.4 Å². The van der Waals surface area contributed by atoms with Gasteiger partial charge in [0.25, 0.3) is 5.91 Å². The lowest BCUT2D eigenvalue weighted by atomic mass is 10.2. The number of halogens is 4. The van der Waals surface area contributed by atoms with E-state index in [0.29, 0.717) is 31.5 Å². The Balaban J connectivity index is 1.65. The van der Waals surface area contributed by atoms with Crippen molar-refractivity contribution in [3.63, 3.8) is 0 Å². The molecule has 154 valence electrons. The molecular weight excluding hydrogens is 462 g/mol. The minimum absolute atomic E-state index is 0.00511. The van der Waals surface area contributed by atoms with Crippen molar-refractivity contribution in [2.75, 3.05) is 17.2 Å². The SMILES string of the molecule is O=C(CCCC(=O)OCC(=O)Nc1ccc(Cl)c(Cl)c1)Nc1ccc(Cl)c(Cl)c1. The van der Waals surface area contributed by atoms with Crippen LogP contribution in [-0.2, 0) is 19.1 Å². The van der Waals surface area contributed by atoms with E-state index in [1.807, 2.05) is 0 Å². The zero-order valence-electron chi connectivity index (χ0n) is 14.9. The monoisotopic (exact) mass is 476 g/mol. The van der Waals surface area contributed by atoms with Crippen LogP contribution in [0.2, 0.25) is 20.1 Å². The van der Waals surface area contributed by atoms with Gasteiger partial charge in [0.1, 0.15) is 0 Å². The number of nitrogens with one attached hydrogen (secondary N) is 2. The second-order valence-electron chi connectivity index (χ2n) is 5.87. The van der Waals surface area contributed by atoms with Crippen molar-refractivity contribution >= 4 is 75.6 Å². The first kappa shape index (κ1) is 23.3. The lowest BCUT2D eigenvalue weighted by molar-refractivity contribution is -0.147. The van der Waals surface area contributed by atoms with Crippen LogP contribution >= 0.6 is 46.4 Å². The number of esters is 1. The number of ether oxygens (including phenoxy) is 1. The van der Waals surface area contributed by atoms with E-state index in [2.05, 4.69) is 10.6 Å². The molecule has 2 N–H and O–H groups in total.